The molecule has 1 unspecified atom stereocenters. The fourth-order valence-electron chi connectivity index (χ4n) is 8.81. The van der Waals surface area contributed by atoms with Crippen molar-refractivity contribution in [3.63, 3.8) is 0 Å². The van der Waals surface area contributed by atoms with Crippen molar-refractivity contribution < 1.29 is 23.8 Å². The van der Waals surface area contributed by atoms with Crippen molar-refractivity contribution in [2.24, 2.45) is 34.5 Å². The summed E-state index contributed by atoms with van der Waals surface area (Å²) in [4.78, 5) is 26.3. The summed E-state index contributed by atoms with van der Waals surface area (Å²) < 4.78 is 18.7. The fraction of sp³-hybridized carbons (Fsp3) is 0.643. The zero-order valence-corrected chi connectivity index (χ0v) is 19.8. The van der Waals surface area contributed by atoms with Gasteiger partial charge in [0.1, 0.15) is 6.10 Å². The van der Waals surface area contributed by atoms with Crippen molar-refractivity contribution in [2.45, 2.75) is 64.8 Å². The molecule has 2 spiro atoms. The molecular formula is C28H34O5. The van der Waals surface area contributed by atoms with Crippen LogP contribution in [0.2, 0.25) is 0 Å². The van der Waals surface area contributed by atoms with Crippen LogP contribution in [0.4, 0.5) is 0 Å². The Balaban J connectivity index is 1.30. The number of carbonyl (C=O) groups excluding carboxylic acids is 2. The Hall–Kier alpha value is -1.98. The van der Waals surface area contributed by atoms with E-state index in [2.05, 4.69) is 20.8 Å². The zero-order chi connectivity index (χ0) is 23.0. The van der Waals surface area contributed by atoms with E-state index in [0.717, 1.165) is 37.7 Å². The summed E-state index contributed by atoms with van der Waals surface area (Å²) in [6, 6.07) is 9.26. The normalized spacial score (nSPS) is 43.1. The molecule has 0 N–H and O–H groups in total. The van der Waals surface area contributed by atoms with Gasteiger partial charge in [0, 0.05) is 17.8 Å². The van der Waals surface area contributed by atoms with Gasteiger partial charge in [0.2, 0.25) is 0 Å². The second-order valence-corrected chi connectivity index (χ2v) is 11.4. The number of fused-ring (bicyclic) bond motifs is 3. The molecule has 176 valence electrons. The molecule has 1 heterocycles. The third-order valence-electron chi connectivity index (χ3n) is 10.1. The Morgan fingerprint density at radius 1 is 1.09 bits per heavy atom. The van der Waals surface area contributed by atoms with Gasteiger partial charge in [0.25, 0.3) is 0 Å². The Morgan fingerprint density at radius 2 is 1.82 bits per heavy atom. The summed E-state index contributed by atoms with van der Waals surface area (Å²) in [5.41, 5.74) is 1.34. The summed E-state index contributed by atoms with van der Waals surface area (Å²) in [6.45, 7) is 7.93. The van der Waals surface area contributed by atoms with E-state index in [4.69, 9.17) is 14.2 Å². The highest BCUT2D eigenvalue weighted by Crippen LogP contribution is 2.74. The van der Waals surface area contributed by atoms with Crippen LogP contribution in [0.1, 0.15) is 63.2 Å². The predicted molar refractivity (Wildman–Crippen MR) is 122 cm³/mol. The molecule has 5 aliphatic rings. The first-order valence-electron chi connectivity index (χ1n) is 12.6. The number of ketones is 1. The van der Waals surface area contributed by atoms with Crippen molar-refractivity contribution in [1.82, 2.24) is 0 Å². The van der Waals surface area contributed by atoms with E-state index in [-0.39, 0.29) is 41.0 Å². The van der Waals surface area contributed by atoms with Gasteiger partial charge in [0.05, 0.1) is 18.8 Å². The monoisotopic (exact) mass is 450 g/mol. The lowest BCUT2D eigenvalue weighted by atomic mass is 9.45. The van der Waals surface area contributed by atoms with Crippen molar-refractivity contribution in [3.05, 3.63) is 47.5 Å². The van der Waals surface area contributed by atoms with E-state index in [9.17, 15) is 9.59 Å². The summed E-state index contributed by atoms with van der Waals surface area (Å²) in [6.07, 6.45) is 6.22. The highest BCUT2D eigenvalue weighted by Gasteiger charge is 2.75. The zero-order valence-electron chi connectivity index (χ0n) is 19.8. The number of hydrogen-bond donors (Lipinski definition) is 0. The van der Waals surface area contributed by atoms with Crippen molar-refractivity contribution >= 4 is 11.8 Å². The molecule has 1 aromatic carbocycles. The molecule has 0 amide bonds. The molecule has 0 aromatic heterocycles. The minimum Gasteiger partial charge on any atom is -0.458 e. The van der Waals surface area contributed by atoms with E-state index in [1.807, 2.05) is 36.4 Å². The average Bonchev–Trinajstić information content (AvgIpc) is 3.46. The Morgan fingerprint density at radius 3 is 2.55 bits per heavy atom. The molecule has 0 bridgehead atoms. The van der Waals surface area contributed by atoms with Gasteiger partial charge >= 0.3 is 5.97 Å². The number of carbonyl (C=O) groups is 2. The first-order chi connectivity index (χ1) is 15.8. The second-order valence-electron chi connectivity index (χ2n) is 11.4. The highest BCUT2D eigenvalue weighted by molar-refractivity contribution is 6.00. The molecule has 3 saturated carbocycles. The molecule has 5 nitrogen and oxygen atoms in total. The number of benzene rings is 1. The number of ether oxygens (including phenoxy) is 3. The van der Waals surface area contributed by atoms with Crippen molar-refractivity contribution in [1.29, 1.82) is 0 Å². The predicted octanol–water partition coefficient (Wildman–Crippen LogP) is 4.95. The van der Waals surface area contributed by atoms with Crippen LogP contribution in [0.3, 0.4) is 0 Å². The van der Waals surface area contributed by atoms with Gasteiger partial charge in [-0.3, -0.25) is 4.79 Å². The Labute approximate surface area is 195 Å². The second kappa shape index (κ2) is 7.26. The summed E-state index contributed by atoms with van der Waals surface area (Å²) in [5.74, 6) is 0.321. The van der Waals surface area contributed by atoms with E-state index < -0.39 is 11.2 Å². The lowest BCUT2D eigenvalue weighted by molar-refractivity contribution is -0.183. The maximum atomic E-state index is 13.6. The van der Waals surface area contributed by atoms with Gasteiger partial charge in [-0.05, 0) is 74.0 Å². The fourth-order valence-corrected chi connectivity index (χ4v) is 8.81. The first-order valence-corrected chi connectivity index (χ1v) is 12.6. The maximum absolute atomic E-state index is 13.6. The number of esters is 1. The van der Waals surface area contributed by atoms with Crippen LogP contribution >= 0.6 is 0 Å². The first kappa shape index (κ1) is 21.5. The maximum Gasteiger partial charge on any atom is 0.338 e. The molecule has 4 fully saturated rings. The standard InChI is InChI=1S/C28H34O5/c1-17-15-23(29)27-12-9-20-18(2)21(33-25(30)19-7-5-4-6-8-19)10-11-26(20,3)22(27)16-28(24(17)27)31-13-14-32-28/h4-8,15,18,20-22,24H,9-14,16H2,1-3H3/t18-,20-,21+,22+,24-,26-,27?/m1/s1. The van der Waals surface area contributed by atoms with Gasteiger partial charge in [0.15, 0.2) is 11.6 Å². The average molecular weight is 451 g/mol. The lowest BCUT2D eigenvalue weighted by Crippen LogP contribution is -2.57. The van der Waals surface area contributed by atoms with Crippen molar-refractivity contribution in [3.8, 4) is 0 Å². The number of allylic oxidation sites excluding steroid dienone is 1. The van der Waals surface area contributed by atoms with E-state index >= 15 is 0 Å². The van der Waals surface area contributed by atoms with Gasteiger partial charge in [-0.15, -0.1) is 0 Å². The van der Waals surface area contributed by atoms with Gasteiger partial charge in [-0.1, -0.05) is 37.6 Å². The SMILES string of the molecule is CC1=CC(=O)C23CC[C@@H]4[C@@H](C)[C@@H](OC(=O)c5ccccc5)CC[C@@]4(C)[C@@H]2CC2(OCCO2)[C@H]13. The third-order valence-corrected chi connectivity index (χ3v) is 10.1. The van der Waals surface area contributed by atoms with Crippen LogP contribution in [0.5, 0.6) is 0 Å². The number of rotatable bonds is 2. The largest absolute Gasteiger partial charge is 0.458 e. The van der Waals surface area contributed by atoms with Crippen molar-refractivity contribution in [2.75, 3.05) is 13.2 Å². The van der Waals surface area contributed by atoms with Gasteiger partial charge in [-0.25, -0.2) is 4.79 Å². The quantitative estimate of drug-likeness (QED) is 0.597. The van der Waals surface area contributed by atoms with E-state index in [0.29, 0.717) is 24.7 Å². The molecule has 1 aliphatic heterocycles. The molecule has 5 heteroatoms. The smallest absolute Gasteiger partial charge is 0.338 e. The molecule has 0 radical (unpaired) electrons. The minimum absolute atomic E-state index is 0.00149. The highest BCUT2D eigenvalue weighted by atomic mass is 16.7. The topological polar surface area (TPSA) is 61.8 Å². The third kappa shape index (κ3) is 2.78. The molecule has 33 heavy (non-hydrogen) atoms. The molecule has 4 aliphatic carbocycles. The summed E-state index contributed by atoms with van der Waals surface area (Å²) in [5, 5.41) is 0. The molecule has 1 aromatic rings. The lowest BCUT2D eigenvalue weighted by Gasteiger charge is -2.59. The Bertz CT molecular complexity index is 1010. The van der Waals surface area contributed by atoms with E-state index in [1.54, 1.807) is 0 Å². The molecule has 1 saturated heterocycles. The van der Waals surface area contributed by atoms with Gasteiger partial charge in [-0.2, -0.15) is 0 Å². The molecule has 7 atom stereocenters. The van der Waals surface area contributed by atoms with Crippen LogP contribution in [-0.2, 0) is 19.0 Å². The summed E-state index contributed by atoms with van der Waals surface area (Å²) in [7, 11) is 0. The summed E-state index contributed by atoms with van der Waals surface area (Å²) >= 11 is 0. The van der Waals surface area contributed by atoms with E-state index in [1.165, 1.54) is 0 Å². The van der Waals surface area contributed by atoms with Crippen LogP contribution in [0, 0.1) is 34.5 Å². The van der Waals surface area contributed by atoms with Crippen LogP contribution < -0.4 is 0 Å². The molecule has 6 rings (SSSR count). The molecular weight excluding hydrogens is 416 g/mol. The minimum atomic E-state index is -0.644. The van der Waals surface area contributed by atoms with Crippen LogP contribution in [0.15, 0.2) is 42.0 Å². The Kier molecular flexibility index (Phi) is 4.74. The van der Waals surface area contributed by atoms with Crippen LogP contribution in [-0.4, -0.2) is 36.9 Å². The van der Waals surface area contributed by atoms with Crippen LogP contribution in [0.25, 0.3) is 0 Å². The number of hydrogen-bond acceptors (Lipinski definition) is 5. The van der Waals surface area contributed by atoms with Gasteiger partial charge < -0.3 is 14.2 Å².